The second-order valence-corrected chi connectivity index (χ2v) is 12.2. The lowest BCUT2D eigenvalue weighted by Crippen LogP contribution is -2.71. The number of rotatable bonds is 6. The van der Waals surface area contributed by atoms with Crippen LogP contribution in [0.15, 0.2) is 23.9 Å². The first kappa shape index (κ1) is 34.7. The molecule has 0 spiro atoms. The summed E-state index contributed by atoms with van der Waals surface area (Å²) in [6.07, 6.45) is -4.24. The normalized spacial score (nSPS) is 28.7. The number of ketones is 6. The molecule has 1 heterocycles. The summed E-state index contributed by atoms with van der Waals surface area (Å²) in [5, 5.41) is 37.8. The van der Waals surface area contributed by atoms with Crippen LogP contribution in [0.3, 0.4) is 0 Å². The monoisotopic (exact) mass is 693 g/mol. The number of Topliss-reactive ketones (excluding diaryl/α,β-unsaturated/α-hetero) is 5. The van der Waals surface area contributed by atoms with Gasteiger partial charge < -0.3 is 44.3 Å². The maximum absolute atomic E-state index is 14.5. The quantitative estimate of drug-likeness (QED) is 0.233. The predicted molar refractivity (Wildman–Crippen MR) is 164 cm³/mol. The van der Waals surface area contributed by atoms with Gasteiger partial charge in [0, 0.05) is 50.5 Å². The van der Waals surface area contributed by atoms with E-state index in [2.05, 4.69) is 5.32 Å². The second-order valence-electron chi connectivity index (χ2n) is 12.2. The number of aromatic hydroxyl groups is 2. The van der Waals surface area contributed by atoms with Gasteiger partial charge in [-0.2, -0.15) is 0 Å². The van der Waals surface area contributed by atoms with Crippen molar-refractivity contribution in [2.24, 2.45) is 0 Å². The van der Waals surface area contributed by atoms with Gasteiger partial charge >= 0.3 is 5.97 Å². The summed E-state index contributed by atoms with van der Waals surface area (Å²) in [6, 6.07) is 2.06. The van der Waals surface area contributed by atoms with Crippen LogP contribution in [0.5, 0.6) is 11.5 Å². The fraction of sp³-hybridized carbons (Fsp3) is 0.382. The first-order valence-corrected chi connectivity index (χ1v) is 15.1. The van der Waals surface area contributed by atoms with Crippen LogP contribution in [-0.4, -0.2) is 115 Å². The summed E-state index contributed by atoms with van der Waals surface area (Å²) in [6.45, 7) is 2.96. The standard InChI is InChI=1S/C34H31NO15/c1-11-7-13-8-18(37)34(49-6)30(43)21-15(29(42)33(34,45)22(13)25(40)19(11)32(44)48-5)9-14-20(24(21)39)17(36)10-16(23(14)38)35-31-28(47-4)26(41)27(46-3)12(2)50-31/h7,9-10,12,27-28,31,35,39-40,45H,8H2,1-6H3/t12-,27-,28+,31-,33-,34+/m0/s1. The Balaban J connectivity index is 1.52. The molecule has 6 rings (SSSR count). The molecule has 0 amide bonds. The topological polar surface area (TPSA) is 238 Å². The predicted octanol–water partition coefficient (Wildman–Crippen LogP) is 0.166. The third-order valence-corrected chi connectivity index (χ3v) is 9.75. The minimum atomic E-state index is -3.34. The zero-order valence-electron chi connectivity index (χ0n) is 27.5. The van der Waals surface area contributed by atoms with Gasteiger partial charge in [-0.1, -0.05) is 6.07 Å². The molecule has 1 aliphatic heterocycles. The number of fused-ring (bicyclic) bond motifs is 5. The number of esters is 1. The Morgan fingerprint density at radius 3 is 2.18 bits per heavy atom. The molecule has 50 heavy (non-hydrogen) atoms. The van der Waals surface area contributed by atoms with Crippen molar-refractivity contribution < 1.29 is 72.6 Å². The van der Waals surface area contributed by atoms with E-state index in [1.165, 1.54) is 27.2 Å². The first-order valence-electron chi connectivity index (χ1n) is 15.1. The van der Waals surface area contributed by atoms with E-state index < -0.39 is 133 Å². The molecular weight excluding hydrogens is 662 g/mol. The first-order chi connectivity index (χ1) is 23.6. The van der Waals surface area contributed by atoms with Gasteiger partial charge in [0.15, 0.2) is 29.7 Å². The van der Waals surface area contributed by atoms with Gasteiger partial charge in [-0.15, -0.1) is 0 Å². The van der Waals surface area contributed by atoms with Crippen molar-refractivity contribution in [1.29, 1.82) is 0 Å². The van der Waals surface area contributed by atoms with Gasteiger partial charge in [-0.3, -0.25) is 28.8 Å². The van der Waals surface area contributed by atoms with Crippen LogP contribution in [0.25, 0.3) is 0 Å². The van der Waals surface area contributed by atoms with Crippen LogP contribution in [0, 0.1) is 6.92 Å². The van der Waals surface area contributed by atoms with E-state index in [0.29, 0.717) is 0 Å². The molecule has 0 aromatic heterocycles. The molecule has 0 bridgehead atoms. The zero-order chi connectivity index (χ0) is 36.8. The van der Waals surface area contributed by atoms with Crippen LogP contribution in [0.1, 0.15) is 75.4 Å². The Bertz CT molecular complexity index is 2010. The number of carbonyl (C=O) groups excluding carboxylic acids is 7. The van der Waals surface area contributed by atoms with Crippen LogP contribution in [0.2, 0.25) is 0 Å². The van der Waals surface area contributed by atoms with Crippen LogP contribution >= 0.6 is 0 Å². The maximum atomic E-state index is 14.5. The van der Waals surface area contributed by atoms with Gasteiger partial charge in [0.1, 0.15) is 23.2 Å². The highest BCUT2D eigenvalue weighted by Crippen LogP contribution is 2.55. The van der Waals surface area contributed by atoms with Gasteiger partial charge in [-0.05, 0) is 31.0 Å². The Morgan fingerprint density at radius 1 is 0.920 bits per heavy atom. The van der Waals surface area contributed by atoms with E-state index in [1.807, 2.05) is 0 Å². The number of methoxy groups -OCH3 is 4. The Labute approximate surface area is 282 Å². The fourth-order valence-electron chi connectivity index (χ4n) is 7.49. The molecule has 16 heteroatoms. The SMILES string of the molecule is COC(=O)c1c(C)cc2c(c1O)[C@]1(O)C(=O)c3cc4c(c(O)c3C(=O)[C@]1(OC)C(=O)C2)C(=O)C=C(N[C@H]1O[C@@H](C)[C@H](OC)C(=O)[C@H]1OC)C4=O. The summed E-state index contributed by atoms with van der Waals surface area (Å²) in [4.78, 5) is 95.6. The van der Waals surface area contributed by atoms with Gasteiger partial charge in [0.05, 0.1) is 30.0 Å². The van der Waals surface area contributed by atoms with Crippen LogP contribution in [-0.2, 0) is 45.3 Å². The molecule has 1 saturated heterocycles. The molecule has 0 unspecified atom stereocenters. The van der Waals surface area contributed by atoms with E-state index in [1.54, 1.807) is 6.92 Å². The summed E-state index contributed by atoms with van der Waals surface area (Å²) in [7, 11) is 4.40. The number of carbonyl (C=O) groups is 7. The minimum absolute atomic E-state index is 0.111. The number of aliphatic hydroxyl groups is 1. The van der Waals surface area contributed by atoms with E-state index in [-0.39, 0.29) is 11.1 Å². The smallest absolute Gasteiger partial charge is 0.341 e. The summed E-state index contributed by atoms with van der Waals surface area (Å²) >= 11 is 0. The van der Waals surface area contributed by atoms with Crippen molar-refractivity contribution in [2.75, 3.05) is 28.4 Å². The van der Waals surface area contributed by atoms with Gasteiger partial charge in [-0.25, -0.2) is 4.79 Å². The molecule has 2 aromatic rings. The molecule has 262 valence electrons. The van der Waals surface area contributed by atoms with Crippen molar-refractivity contribution in [3.05, 3.63) is 68.4 Å². The lowest BCUT2D eigenvalue weighted by atomic mass is 9.57. The molecule has 3 aliphatic carbocycles. The number of allylic oxidation sites excluding steroid dienone is 2. The highest BCUT2D eigenvalue weighted by molar-refractivity contribution is 6.35. The second kappa shape index (κ2) is 11.7. The largest absolute Gasteiger partial charge is 0.507 e. The molecule has 4 aliphatic rings. The molecule has 0 saturated carbocycles. The van der Waals surface area contributed by atoms with Crippen molar-refractivity contribution in [3.8, 4) is 11.5 Å². The lowest BCUT2D eigenvalue weighted by molar-refractivity contribution is -0.190. The van der Waals surface area contributed by atoms with Crippen LogP contribution in [0.4, 0.5) is 0 Å². The number of hydrogen-bond acceptors (Lipinski definition) is 16. The van der Waals surface area contributed by atoms with Crippen molar-refractivity contribution in [3.63, 3.8) is 0 Å². The number of benzene rings is 2. The Kier molecular flexibility index (Phi) is 8.15. The van der Waals surface area contributed by atoms with Crippen LogP contribution < -0.4 is 5.32 Å². The highest BCUT2D eigenvalue weighted by atomic mass is 16.6. The molecule has 2 aromatic carbocycles. The molecule has 4 N–H and O–H groups in total. The van der Waals surface area contributed by atoms with Crippen molar-refractivity contribution in [2.45, 2.75) is 56.0 Å². The third-order valence-electron chi connectivity index (χ3n) is 9.75. The minimum Gasteiger partial charge on any atom is -0.507 e. The summed E-state index contributed by atoms with van der Waals surface area (Å²) < 4.78 is 26.4. The Hall–Kier alpha value is -5.13. The maximum Gasteiger partial charge on any atom is 0.341 e. The van der Waals surface area contributed by atoms with Crippen molar-refractivity contribution >= 4 is 40.7 Å². The molecular formula is C34H31NO15. The fourth-order valence-corrected chi connectivity index (χ4v) is 7.49. The van der Waals surface area contributed by atoms with Gasteiger partial charge in [0.25, 0.3) is 0 Å². The highest BCUT2D eigenvalue weighted by Gasteiger charge is 2.73. The van der Waals surface area contributed by atoms with E-state index in [4.69, 9.17) is 23.7 Å². The number of phenols is 2. The average molecular weight is 694 g/mol. The molecule has 1 fully saturated rings. The van der Waals surface area contributed by atoms with E-state index >= 15 is 0 Å². The number of aryl methyl sites for hydroxylation is 1. The summed E-state index contributed by atoms with van der Waals surface area (Å²) in [5.41, 5.74) is -11.0. The summed E-state index contributed by atoms with van der Waals surface area (Å²) in [5.74, 6) is -9.72. The zero-order valence-corrected chi connectivity index (χ0v) is 27.5. The van der Waals surface area contributed by atoms with Gasteiger partial charge in [0.2, 0.25) is 28.6 Å². The molecule has 16 nitrogen and oxygen atoms in total. The van der Waals surface area contributed by atoms with E-state index in [0.717, 1.165) is 26.4 Å². The molecule has 0 radical (unpaired) electrons. The number of hydrogen-bond donors (Lipinski definition) is 4. The number of phenolic OH excluding ortho intramolecular Hbond substituents is 2. The molecule has 6 atom stereocenters. The number of ether oxygens (including phenoxy) is 5. The third kappa shape index (κ3) is 4.26. The number of nitrogens with one attached hydrogen (secondary N) is 1. The average Bonchev–Trinajstić information content (AvgIpc) is 3.05. The van der Waals surface area contributed by atoms with E-state index in [9.17, 15) is 48.9 Å². The Morgan fingerprint density at radius 2 is 1.58 bits per heavy atom. The van der Waals surface area contributed by atoms with Crippen molar-refractivity contribution in [1.82, 2.24) is 5.32 Å². The lowest BCUT2D eigenvalue weighted by Gasteiger charge is -2.49.